The molecule has 90 valence electrons. The fourth-order valence-corrected chi connectivity index (χ4v) is 1.62. The smallest absolute Gasteiger partial charge is 0.121 e. The third kappa shape index (κ3) is 3.42. The Balaban J connectivity index is 2.77. The monoisotopic (exact) mass is 222 g/mol. The largest absolute Gasteiger partial charge is 0.489 e. The molecule has 1 rings (SSSR count). The van der Waals surface area contributed by atoms with Crippen molar-refractivity contribution < 1.29 is 4.74 Å². The lowest BCUT2D eigenvalue weighted by Gasteiger charge is -2.22. The van der Waals surface area contributed by atoms with Crippen LogP contribution >= 0.6 is 0 Å². The van der Waals surface area contributed by atoms with E-state index in [1.165, 1.54) is 5.69 Å². The summed E-state index contributed by atoms with van der Waals surface area (Å²) in [4.78, 5) is 2.29. The maximum absolute atomic E-state index is 5.69. The summed E-state index contributed by atoms with van der Waals surface area (Å²) in [6.45, 7) is 8.83. The Kier molecular flexibility index (Phi) is 5.12. The minimum absolute atomic E-state index is 0.0620. The maximum Gasteiger partial charge on any atom is 0.121 e. The van der Waals surface area contributed by atoms with Crippen molar-refractivity contribution in [3.63, 3.8) is 0 Å². The predicted octanol–water partition coefficient (Wildman–Crippen LogP) is 2.26. The molecule has 3 nitrogen and oxygen atoms in total. The topological polar surface area (TPSA) is 38.5 Å². The van der Waals surface area contributed by atoms with E-state index in [9.17, 15) is 0 Å². The summed E-state index contributed by atoms with van der Waals surface area (Å²) in [7, 11) is 0. The van der Waals surface area contributed by atoms with Crippen molar-refractivity contribution >= 4 is 5.69 Å². The Morgan fingerprint density at radius 2 is 2.00 bits per heavy atom. The van der Waals surface area contributed by atoms with Gasteiger partial charge < -0.3 is 15.4 Å². The van der Waals surface area contributed by atoms with Gasteiger partial charge in [-0.2, -0.15) is 0 Å². The van der Waals surface area contributed by atoms with Crippen LogP contribution in [0.4, 0.5) is 5.69 Å². The molecule has 0 amide bonds. The molecule has 1 unspecified atom stereocenters. The molecule has 1 aromatic rings. The van der Waals surface area contributed by atoms with Crippen LogP contribution in [0.25, 0.3) is 0 Å². The number of ether oxygens (including phenoxy) is 1. The molecule has 0 saturated carbocycles. The Morgan fingerprint density at radius 1 is 1.31 bits per heavy atom. The zero-order valence-corrected chi connectivity index (χ0v) is 10.4. The lowest BCUT2D eigenvalue weighted by Crippen LogP contribution is -2.24. The molecule has 0 heterocycles. The third-order valence-electron chi connectivity index (χ3n) is 2.62. The van der Waals surface area contributed by atoms with Gasteiger partial charge in [-0.25, -0.2) is 0 Å². The molecule has 2 N–H and O–H groups in total. The SMILES string of the molecule is CCN(CC)c1cccc(OC(C)CN)c1. The molecule has 0 aliphatic carbocycles. The van der Waals surface area contributed by atoms with Crippen LogP contribution in [0, 0.1) is 0 Å². The first-order valence-corrected chi connectivity index (χ1v) is 5.93. The maximum atomic E-state index is 5.69. The number of nitrogens with two attached hydrogens (primary N) is 1. The zero-order valence-electron chi connectivity index (χ0n) is 10.4. The average molecular weight is 222 g/mol. The van der Waals surface area contributed by atoms with Crippen molar-refractivity contribution in [2.45, 2.75) is 26.9 Å². The van der Waals surface area contributed by atoms with Crippen LogP contribution in [0.1, 0.15) is 20.8 Å². The lowest BCUT2D eigenvalue weighted by molar-refractivity contribution is 0.230. The summed E-state index contributed by atoms with van der Waals surface area (Å²) < 4.78 is 5.69. The molecule has 0 aromatic heterocycles. The molecule has 0 fully saturated rings. The van der Waals surface area contributed by atoms with Crippen molar-refractivity contribution in [2.24, 2.45) is 5.73 Å². The molecule has 0 spiro atoms. The van der Waals surface area contributed by atoms with Gasteiger partial charge in [0.2, 0.25) is 0 Å². The second-order valence-corrected chi connectivity index (χ2v) is 3.83. The standard InChI is InChI=1S/C13H22N2O/c1-4-15(5-2)12-7-6-8-13(9-12)16-11(3)10-14/h6-9,11H,4-5,10,14H2,1-3H3. The molecule has 0 aliphatic rings. The van der Waals surface area contributed by atoms with E-state index in [-0.39, 0.29) is 6.10 Å². The summed E-state index contributed by atoms with van der Waals surface area (Å²) in [6.07, 6.45) is 0.0620. The first-order valence-electron chi connectivity index (χ1n) is 5.93. The molecule has 0 bridgehead atoms. The number of nitrogens with zero attached hydrogens (tertiary/aromatic N) is 1. The van der Waals surface area contributed by atoms with E-state index in [4.69, 9.17) is 10.5 Å². The van der Waals surface area contributed by atoms with E-state index in [1.807, 2.05) is 19.1 Å². The lowest BCUT2D eigenvalue weighted by atomic mass is 10.2. The quantitative estimate of drug-likeness (QED) is 0.802. The van der Waals surface area contributed by atoms with E-state index >= 15 is 0 Å². The van der Waals surface area contributed by atoms with Gasteiger partial charge in [0.1, 0.15) is 11.9 Å². The second-order valence-electron chi connectivity index (χ2n) is 3.83. The Morgan fingerprint density at radius 3 is 2.56 bits per heavy atom. The average Bonchev–Trinajstić information content (AvgIpc) is 2.31. The van der Waals surface area contributed by atoms with Crippen LogP contribution in [0.5, 0.6) is 5.75 Å². The molecule has 0 saturated heterocycles. The van der Waals surface area contributed by atoms with Crippen molar-refractivity contribution in [3.05, 3.63) is 24.3 Å². The van der Waals surface area contributed by atoms with Crippen LogP contribution in [-0.2, 0) is 0 Å². The number of hydrogen-bond donors (Lipinski definition) is 1. The van der Waals surface area contributed by atoms with E-state index in [0.29, 0.717) is 6.54 Å². The van der Waals surface area contributed by atoms with Crippen LogP contribution in [0.15, 0.2) is 24.3 Å². The van der Waals surface area contributed by atoms with Gasteiger partial charge in [0.05, 0.1) is 0 Å². The van der Waals surface area contributed by atoms with Crippen LogP contribution < -0.4 is 15.4 Å². The van der Waals surface area contributed by atoms with Crippen molar-refractivity contribution in [3.8, 4) is 5.75 Å². The molecule has 0 radical (unpaired) electrons. The predicted molar refractivity (Wildman–Crippen MR) is 69.1 cm³/mol. The molecule has 1 atom stereocenters. The Bertz CT molecular complexity index is 311. The fourth-order valence-electron chi connectivity index (χ4n) is 1.62. The number of benzene rings is 1. The van der Waals surface area contributed by atoms with E-state index in [0.717, 1.165) is 18.8 Å². The summed E-state index contributed by atoms with van der Waals surface area (Å²) in [5, 5.41) is 0. The molecular weight excluding hydrogens is 200 g/mol. The van der Waals surface area contributed by atoms with E-state index in [1.54, 1.807) is 0 Å². The van der Waals surface area contributed by atoms with Crippen LogP contribution in [0.3, 0.4) is 0 Å². The van der Waals surface area contributed by atoms with E-state index < -0.39 is 0 Å². The summed E-state index contributed by atoms with van der Waals surface area (Å²) in [5.74, 6) is 0.891. The van der Waals surface area contributed by atoms with Crippen molar-refractivity contribution in [1.82, 2.24) is 0 Å². The molecule has 16 heavy (non-hydrogen) atoms. The van der Waals surface area contributed by atoms with Crippen molar-refractivity contribution in [2.75, 3.05) is 24.5 Å². The van der Waals surface area contributed by atoms with Gasteiger partial charge in [-0.3, -0.25) is 0 Å². The van der Waals surface area contributed by atoms with Gasteiger partial charge in [-0.1, -0.05) is 6.07 Å². The minimum Gasteiger partial charge on any atom is -0.489 e. The normalized spacial score (nSPS) is 12.2. The van der Waals surface area contributed by atoms with Crippen LogP contribution in [0.2, 0.25) is 0 Å². The summed E-state index contributed by atoms with van der Waals surface area (Å²) >= 11 is 0. The third-order valence-corrected chi connectivity index (χ3v) is 2.62. The first-order chi connectivity index (χ1) is 7.71. The first kappa shape index (κ1) is 12.8. The molecular formula is C13H22N2O. The second kappa shape index (κ2) is 6.38. The fraction of sp³-hybridized carbons (Fsp3) is 0.538. The highest BCUT2D eigenvalue weighted by Crippen LogP contribution is 2.21. The highest BCUT2D eigenvalue weighted by Gasteiger charge is 2.05. The number of hydrogen-bond acceptors (Lipinski definition) is 3. The van der Waals surface area contributed by atoms with E-state index in [2.05, 4.69) is 30.9 Å². The Labute approximate surface area is 98.2 Å². The van der Waals surface area contributed by atoms with Gasteiger partial charge in [0.15, 0.2) is 0 Å². The molecule has 3 heteroatoms. The minimum atomic E-state index is 0.0620. The number of rotatable bonds is 6. The summed E-state index contributed by atoms with van der Waals surface area (Å²) in [6, 6.07) is 8.16. The molecule has 1 aromatic carbocycles. The van der Waals surface area contributed by atoms with Crippen molar-refractivity contribution in [1.29, 1.82) is 0 Å². The zero-order chi connectivity index (χ0) is 12.0. The highest BCUT2D eigenvalue weighted by atomic mass is 16.5. The Hall–Kier alpha value is -1.22. The van der Waals surface area contributed by atoms with Gasteiger partial charge in [0.25, 0.3) is 0 Å². The summed E-state index contributed by atoms with van der Waals surface area (Å²) in [5.41, 5.74) is 6.74. The molecule has 0 aliphatic heterocycles. The van der Waals surface area contributed by atoms with Crippen LogP contribution in [-0.4, -0.2) is 25.7 Å². The van der Waals surface area contributed by atoms with Gasteiger partial charge in [-0.15, -0.1) is 0 Å². The highest BCUT2D eigenvalue weighted by molar-refractivity contribution is 5.50. The number of anilines is 1. The van der Waals surface area contributed by atoms with Gasteiger partial charge in [0, 0.05) is 31.4 Å². The van der Waals surface area contributed by atoms with Gasteiger partial charge in [-0.05, 0) is 32.9 Å². The van der Waals surface area contributed by atoms with Gasteiger partial charge >= 0.3 is 0 Å².